The highest BCUT2D eigenvalue weighted by atomic mass is 16.4. The number of aliphatic hydroxyl groups is 1. The van der Waals surface area contributed by atoms with Crippen LogP contribution in [0.4, 0.5) is 0 Å². The van der Waals surface area contributed by atoms with Gasteiger partial charge in [0, 0.05) is 11.3 Å². The number of pyridine rings is 1. The summed E-state index contributed by atoms with van der Waals surface area (Å²) in [4.78, 5) is 14.8. The zero-order valence-electron chi connectivity index (χ0n) is 8.40. The predicted octanol–water partition coefficient (Wildman–Crippen LogP) is 1.45. The van der Waals surface area contributed by atoms with Gasteiger partial charge in [0.2, 0.25) is 0 Å². The number of hydrogen-bond acceptors (Lipinski definition) is 3. The van der Waals surface area contributed by atoms with Gasteiger partial charge >= 0.3 is 5.97 Å². The second-order valence-electron chi connectivity index (χ2n) is 3.32. The monoisotopic (exact) mass is 195 g/mol. The Morgan fingerprint density at radius 1 is 1.50 bits per heavy atom. The summed E-state index contributed by atoms with van der Waals surface area (Å²) in [6.45, 7) is 5.03. The van der Waals surface area contributed by atoms with Crippen molar-refractivity contribution < 1.29 is 15.0 Å². The highest BCUT2D eigenvalue weighted by Crippen LogP contribution is 2.21. The average molecular weight is 195 g/mol. The minimum atomic E-state index is -1.10. The molecule has 1 aromatic rings. The fourth-order valence-electron chi connectivity index (χ4n) is 1.54. The van der Waals surface area contributed by atoms with E-state index >= 15 is 0 Å². The molecule has 4 heteroatoms. The number of aliphatic hydroxyl groups excluding tert-OH is 1. The molecule has 4 nitrogen and oxygen atoms in total. The first-order chi connectivity index (χ1) is 6.43. The molecule has 0 aromatic carbocycles. The molecule has 1 atom stereocenters. The summed E-state index contributed by atoms with van der Waals surface area (Å²) in [6.07, 6.45) is -0.811. The van der Waals surface area contributed by atoms with Crippen LogP contribution in [-0.4, -0.2) is 21.2 Å². The molecule has 76 valence electrons. The van der Waals surface area contributed by atoms with E-state index in [1.54, 1.807) is 19.9 Å². The summed E-state index contributed by atoms with van der Waals surface area (Å²) in [5.74, 6) is -1.10. The number of carboxylic acids is 1. The van der Waals surface area contributed by atoms with Crippen molar-refractivity contribution in [2.45, 2.75) is 26.9 Å². The quantitative estimate of drug-likeness (QED) is 0.749. The van der Waals surface area contributed by atoms with Crippen LogP contribution >= 0.6 is 0 Å². The lowest BCUT2D eigenvalue weighted by molar-refractivity contribution is 0.0682. The molecule has 0 radical (unpaired) electrons. The van der Waals surface area contributed by atoms with Crippen LogP contribution in [0.1, 0.15) is 40.3 Å². The molecule has 1 unspecified atom stereocenters. The standard InChI is InChI=1S/C10H13NO3/c1-5-4-6(2)11-9(10(13)14)8(5)7(3)12/h4,7,12H,1-3H3,(H,13,14). The molecule has 1 aromatic heterocycles. The van der Waals surface area contributed by atoms with E-state index in [0.717, 1.165) is 5.56 Å². The number of carboxylic acid groups (broad SMARTS) is 1. The molecule has 0 saturated carbocycles. The van der Waals surface area contributed by atoms with E-state index in [4.69, 9.17) is 5.11 Å². The van der Waals surface area contributed by atoms with Crippen LogP contribution in [0.2, 0.25) is 0 Å². The molecule has 0 saturated heterocycles. The Kier molecular flexibility index (Phi) is 2.86. The molecular formula is C10H13NO3. The van der Waals surface area contributed by atoms with Gasteiger partial charge in [-0.3, -0.25) is 0 Å². The Labute approximate surface area is 82.2 Å². The molecule has 0 fully saturated rings. The van der Waals surface area contributed by atoms with E-state index in [1.807, 2.05) is 0 Å². The highest BCUT2D eigenvalue weighted by Gasteiger charge is 2.18. The molecule has 2 N–H and O–H groups in total. The molecule has 0 aliphatic heterocycles. The summed E-state index contributed by atoms with van der Waals surface area (Å²) in [6, 6.07) is 1.76. The maximum atomic E-state index is 10.9. The number of aromatic carboxylic acids is 1. The van der Waals surface area contributed by atoms with E-state index in [9.17, 15) is 9.90 Å². The summed E-state index contributed by atoms with van der Waals surface area (Å²) in [7, 11) is 0. The number of hydrogen-bond donors (Lipinski definition) is 2. The lowest BCUT2D eigenvalue weighted by atomic mass is 10.0. The molecule has 0 aliphatic rings. The normalized spacial score (nSPS) is 12.6. The van der Waals surface area contributed by atoms with Crippen LogP contribution in [0.5, 0.6) is 0 Å². The third-order valence-electron chi connectivity index (χ3n) is 2.01. The largest absolute Gasteiger partial charge is 0.477 e. The maximum absolute atomic E-state index is 10.9. The minimum absolute atomic E-state index is 0.0579. The van der Waals surface area contributed by atoms with Crippen molar-refractivity contribution in [3.8, 4) is 0 Å². The molecular weight excluding hydrogens is 182 g/mol. The Hall–Kier alpha value is -1.42. The Morgan fingerprint density at radius 2 is 2.07 bits per heavy atom. The SMILES string of the molecule is Cc1cc(C)c(C(C)O)c(C(=O)O)n1. The van der Waals surface area contributed by atoms with E-state index in [-0.39, 0.29) is 5.69 Å². The second kappa shape index (κ2) is 3.75. The van der Waals surface area contributed by atoms with Gasteiger partial charge in [-0.25, -0.2) is 9.78 Å². The number of nitrogens with zero attached hydrogens (tertiary/aromatic N) is 1. The topological polar surface area (TPSA) is 70.4 Å². The fraction of sp³-hybridized carbons (Fsp3) is 0.400. The van der Waals surface area contributed by atoms with E-state index in [1.165, 1.54) is 6.92 Å². The van der Waals surface area contributed by atoms with Gasteiger partial charge in [-0.1, -0.05) is 0 Å². The number of aryl methyl sites for hydroxylation is 2. The zero-order valence-corrected chi connectivity index (χ0v) is 8.40. The fourth-order valence-corrected chi connectivity index (χ4v) is 1.54. The van der Waals surface area contributed by atoms with Crippen LogP contribution in [-0.2, 0) is 0 Å². The van der Waals surface area contributed by atoms with E-state index in [0.29, 0.717) is 11.3 Å². The van der Waals surface area contributed by atoms with Crippen molar-refractivity contribution in [1.82, 2.24) is 4.98 Å². The zero-order chi connectivity index (χ0) is 10.9. The van der Waals surface area contributed by atoms with Crippen LogP contribution in [0, 0.1) is 13.8 Å². The van der Waals surface area contributed by atoms with Crippen LogP contribution in [0.3, 0.4) is 0 Å². The molecule has 1 heterocycles. The van der Waals surface area contributed by atoms with Crippen LogP contribution in [0.15, 0.2) is 6.07 Å². The van der Waals surface area contributed by atoms with Crippen LogP contribution in [0.25, 0.3) is 0 Å². The molecule has 0 spiro atoms. The van der Waals surface area contributed by atoms with Crippen molar-refractivity contribution in [2.75, 3.05) is 0 Å². The number of rotatable bonds is 2. The van der Waals surface area contributed by atoms with Gasteiger partial charge in [-0.2, -0.15) is 0 Å². The second-order valence-corrected chi connectivity index (χ2v) is 3.32. The Balaban J connectivity index is 3.44. The molecule has 1 rings (SSSR count). The van der Waals surface area contributed by atoms with Gasteiger partial charge in [-0.15, -0.1) is 0 Å². The first-order valence-electron chi connectivity index (χ1n) is 4.33. The van der Waals surface area contributed by atoms with Crippen molar-refractivity contribution in [1.29, 1.82) is 0 Å². The first-order valence-corrected chi connectivity index (χ1v) is 4.33. The molecule has 0 amide bonds. The van der Waals surface area contributed by atoms with Crippen LogP contribution < -0.4 is 0 Å². The van der Waals surface area contributed by atoms with Gasteiger partial charge in [0.1, 0.15) is 0 Å². The third kappa shape index (κ3) is 1.90. The first kappa shape index (κ1) is 10.7. The molecule has 14 heavy (non-hydrogen) atoms. The van der Waals surface area contributed by atoms with Crippen molar-refractivity contribution >= 4 is 5.97 Å². The summed E-state index contributed by atoms with van der Waals surface area (Å²) >= 11 is 0. The maximum Gasteiger partial charge on any atom is 0.354 e. The van der Waals surface area contributed by atoms with Gasteiger partial charge in [0.05, 0.1) is 6.10 Å². The van der Waals surface area contributed by atoms with E-state index in [2.05, 4.69) is 4.98 Å². The summed E-state index contributed by atoms with van der Waals surface area (Å²) in [5, 5.41) is 18.3. The average Bonchev–Trinajstić information content (AvgIpc) is 2.01. The van der Waals surface area contributed by atoms with Gasteiger partial charge in [0.15, 0.2) is 5.69 Å². The third-order valence-corrected chi connectivity index (χ3v) is 2.01. The predicted molar refractivity (Wildman–Crippen MR) is 51.3 cm³/mol. The minimum Gasteiger partial charge on any atom is -0.477 e. The molecule has 0 bridgehead atoms. The summed E-state index contributed by atoms with van der Waals surface area (Å²) in [5.41, 5.74) is 1.73. The highest BCUT2D eigenvalue weighted by molar-refractivity contribution is 5.87. The number of aromatic nitrogens is 1. The van der Waals surface area contributed by atoms with E-state index < -0.39 is 12.1 Å². The summed E-state index contributed by atoms with van der Waals surface area (Å²) < 4.78 is 0. The lowest BCUT2D eigenvalue weighted by Gasteiger charge is -2.12. The van der Waals surface area contributed by atoms with Gasteiger partial charge in [0.25, 0.3) is 0 Å². The Morgan fingerprint density at radius 3 is 2.50 bits per heavy atom. The Bertz CT molecular complexity index is 372. The lowest BCUT2D eigenvalue weighted by Crippen LogP contribution is -2.11. The number of carbonyl (C=O) groups is 1. The van der Waals surface area contributed by atoms with Crippen molar-refractivity contribution in [2.24, 2.45) is 0 Å². The van der Waals surface area contributed by atoms with Crippen molar-refractivity contribution in [3.63, 3.8) is 0 Å². The molecule has 0 aliphatic carbocycles. The smallest absolute Gasteiger partial charge is 0.354 e. The van der Waals surface area contributed by atoms with Crippen molar-refractivity contribution in [3.05, 3.63) is 28.6 Å². The van der Waals surface area contributed by atoms with Gasteiger partial charge < -0.3 is 10.2 Å². The van der Waals surface area contributed by atoms with Gasteiger partial charge in [-0.05, 0) is 32.4 Å².